The molecule has 0 saturated heterocycles. The second-order valence-corrected chi connectivity index (χ2v) is 10.9. The van der Waals surface area contributed by atoms with Crippen LogP contribution in [0.4, 0.5) is 11.4 Å². The molecule has 0 aliphatic carbocycles. The second kappa shape index (κ2) is 12.6. The number of carbonyl (C=O) groups is 3. The minimum atomic E-state index is -1.54. The third-order valence-electron chi connectivity index (χ3n) is 8.39. The number of hydrogen-bond donors (Lipinski definition) is 2. The van der Waals surface area contributed by atoms with Gasteiger partial charge in [-0.2, -0.15) is 15.6 Å². The van der Waals surface area contributed by atoms with Gasteiger partial charge < -0.3 is 25.6 Å². The Kier molecular flexibility index (Phi) is 8.64. The van der Waals surface area contributed by atoms with Gasteiger partial charge in [0.05, 0.1) is 71.0 Å². The maximum atomic E-state index is 14.6. The topological polar surface area (TPSA) is 170 Å². The molecule has 0 radical (unpaired) electrons. The van der Waals surface area contributed by atoms with Crippen LogP contribution in [0.2, 0.25) is 0 Å². The van der Waals surface area contributed by atoms with Gasteiger partial charge in [-0.3, -0.25) is 14.4 Å². The molecule has 4 aromatic rings. The first-order valence-corrected chi connectivity index (χ1v) is 14.3. The van der Waals surface area contributed by atoms with Gasteiger partial charge in [0.25, 0.3) is 0 Å². The molecule has 45 heavy (non-hydrogen) atoms. The van der Waals surface area contributed by atoms with Crippen LogP contribution < -0.4 is 20.9 Å². The molecule has 0 bridgehead atoms. The Hall–Kier alpha value is -5.56. The SMILES string of the molecule is CNC(C)(C(N)=O)[C@@H]1CN(C(=O)CCOC)c2cc(C#N)ccc2N(Cc2nn(-c3ccccc3C#N)c3ccccc23)C1=O. The Labute approximate surface area is 260 Å². The van der Waals surface area contributed by atoms with Crippen molar-refractivity contribution < 1.29 is 19.1 Å². The first-order chi connectivity index (χ1) is 21.7. The summed E-state index contributed by atoms with van der Waals surface area (Å²) >= 11 is 0. The average molecular weight is 605 g/mol. The van der Waals surface area contributed by atoms with Crippen molar-refractivity contribution in [3.63, 3.8) is 0 Å². The van der Waals surface area contributed by atoms with E-state index in [1.165, 1.54) is 30.9 Å². The molecule has 0 spiro atoms. The molecule has 1 aliphatic rings. The van der Waals surface area contributed by atoms with E-state index in [0.29, 0.717) is 33.9 Å². The molecule has 1 aromatic heterocycles. The molecule has 0 fully saturated rings. The van der Waals surface area contributed by atoms with Gasteiger partial charge in [0.15, 0.2) is 0 Å². The number of hydrogen-bond acceptors (Lipinski definition) is 8. The van der Waals surface area contributed by atoms with Gasteiger partial charge >= 0.3 is 0 Å². The van der Waals surface area contributed by atoms with Crippen molar-refractivity contribution in [1.82, 2.24) is 15.1 Å². The summed E-state index contributed by atoms with van der Waals surface area (Å²) in [6, 6.07) is 23.6. The van der Waals surface area contributed by atoms with E-state index < -0.39 is 23.3 Å². The number of nitrogens with one attached hydrogen (secondary N) is 1. The standard InChI is InChI=1S/C33H32N8O4/c1-33(37-2,32(36)44)24-19-39(30(42)14-15-45-3)29-16-21(17-34)12-13-28(29)40(31(24)43)20-25-23-9-5-7-11-27(23)41(38-25)26-10-6-4-8-22(26)18-35/h4-13,16,24,37H,14-15,19-20H2,1-3H3,(H2,36,44)/t24-,33?/m1/s1. The summed E-state index contributed by atoms with van der Waals surface area (Å²) < 4.78 is 6.82. The van der Waals surface area contributed by atoms with Crippen molar-refractivity contribution >= 4 is 40.0 Å². The van der Waals surface area contributed by atoms with Crippen LogP contribution in [0, 0.1) is 28.6 Å². The summed E-state index contributed by atoms with van der Waals surface area (Å²) in [6.45, 7) is 1.45. The molecule has 228 valence electrons. The number of primary amides is 1. The predicted octanol–water partition coefficient (Wildman–Crippen LogP) is 2.76. The molecule has 0 saturated carbocycles. The fourth-order valence-electron chi connectivity index (χ4n) is 5.66. The number of nitriles is 2. The van der Waals surface area contributed by atoms with Gasteiger partial charge in [-0.05, 0) is 50.4 Å². The highest BCUT2D eigenvalue weighted by Gasteiger charge is 2.48. The summed E-state index contributed by atoms with van der Waals surface area (Å²) in [6.07, 6.45) is 0.00775. The number of fused-ring (bicyclic) bond motifs is 2. The van der Waals surface area contributed by atoms with Crippen molar-refractivity contribution in [3.8, 4) is 17.8 Å². The minimum absolute atomic E-state index is 0.00775. The number of aromatic nitrogens is 2. The zero-order chi connectivity index (χ0) is 32.3. The molecular formula is C33H32N8O4. The first kappa shape index (κ1) is 30.9. The van der Waals surface area contributed by atoms with Crippen LogP contribution in [0.15, 0.2) is 66.7 Å². The largest absolute Gasteiger partial charge is 0.384 e. The van der Waals surface area contributed by atoms with Crippen LogP contribution in [0.3, 0.4) is 0 Å². The van der Waals surface area contributed by atoms with Gasteiger partial charge in [0.2, 0.25) is 17.7 Å². The molecule has 3 N–H and O–H groups in total. The molecule has 2 heterocycles. The van der Waals surface area contributed by atoms with Crippen molar-refractivity contribution in [2.75, 3.05) is 37.1 Å². The summed E-state index contributed by atoms with van der Waals surface area (Å²) in [5, 5.41) is 28.1. The lowest BCUT2D eigenvalue weighted by atomic mass is 9.83. The molecule has 5 rings (SSSR count). The number of nitrogens with two attached hydrogens (primary N) is 1. The molecule has 1 aliphatic heterocycles. The fourth-order valence-corrected chi connectivity index (χ4v) is 5.66. The summed E-state index contributed by atoms with van der Waals surface area (Å²) in [5.41, 5.74) is 7.57. The number of ether oxygens (including phenoxy) is 1. The van der Waals surface area contributed by atoms with Crippen LogP contribution in [0.25, 0.3) is 16.6 Å². The highest BCUT2D eigenvalue weighted by Crippen LogP contribution is 2.39. The highest BCUT2D eigenvalue weighted by atomic mass is 16.5. The number of methoxy groups -OCH3 is 1. The van der Waals surface area contributed by atoms with Crippen molar-refractivity contribution in [2.24, 2.45) is 11.7 Å². The van der Waals surface area contributed by atoms with Crippen molar-refractivity contribution in [3.05, 3.63) is 83.6 Å². The van der Waals surface area contributed by atoms with Gasteiger partial charge in [0.1, 0.15) is 11.6 Å². The van der Waals surface area contributed by atoms with Crippen LogP contribution >= 0.6 is 0 Å². The third-order valence-corrected chi connectivity index (χ3v) is 8.39. The molecule has 2 atom stereocenters. The highest BCUT2D eigenvalue weighted by molar-refractivity contribution is 6.08. The lowest BCUT2D eigenvalue weighted by molar-refractivity contribution is -0.133. The number of rotatable bonds is 9. The lowest BCUT2D eigenvalue weighted by Gasteiger charge is -2.36. The normalized spacial score (nSPS) is 15.9. The first-order valence-electron chi connectivity index (χ1n) is 14.3. The number of carbonyl (C=O) groups excluding carboxylic acids is 3. The maximum absolute atomic E-state index is 14.6. The van der Waals surface area contributed by atoms with Crippen molar-refractivity contribution in [1.29, 1.82) is 10.5 Å². The molecular weight excluding hydrogens is 572 g/mol. The van der Waals surface area contributed by atoms with Gasteiger partial charge in [-0.1, -0.05) is 30.3 Å². The van der Waals surface area contributed by atoms with Crippen LogP contribution in [0.5, 0.6) is 0 Å². The number of likely N-dealkylation sites (N-methyl/N-ethyl adjacent to an activating group) is 1. The summed E-state index contributed by atoms with van der Waals surface area (Å²) in [7, 11) is 3.02. The fraction of sp³-hybridized carbons (Fsp3) is 0.273. The Morgan fingerprint density at radius 2 is 1.80 bits per heavy atom. The molecule has 1 unspecified atom stereocenters. The van der Waals surface area contributed by atoms with Crippen molar-refractivity contribution in [2.45, 2.75) is 25.4 Å². The third kappa shape index (κ3) is 5.49. The smallest absolute Gasteiger partial charge is 0.238 e. The Morgan fingerprint density at radius 1 is 1.07 bits per heavy atom. The summed E-state index contributed by atoms with van der Waals surface area (Å²) in [5.74, 6) is -2.69. The van der Waals surface area contributed by atoms with Gasteiger partial charge in [-0.25, -0.2) is 4.68 Å². The van der Waals surface area contributed by atoms with E-state index in [4.69, 9.17) is 15.6 Å². The lowest BCUT2D eigenvalue weighted by Crippen LogP contribution is -2.63. The predicted molar refractivity (Wildman–Crippen MR) is 167 cm³/mol. The number of nitrogens with zero attached hydrogens (tertiary/aromatic N) is 6. The van der Waals surface area contributed by atoms with E-state index in [-0.39, 0.29) is 32.0 Å². The monoisotopic (exact) mass is 604 g/mol. The second-order valence-electron chi connectivity index (χ2n) is 10.9. The number of benzene rings is 3. The van der Waals surface area contributed by atoms with Gasteiger partial charge in [-0.15, -0.1) is 0 Å². The van der Waals surface area contributed by atoms with Crippen LogP contribution in [-0.4, -0.2) is 60.4 Å². The molecule has 12 nitrogen and oxygen atoms in total. The number of anilines is 2. The Balaban J connectivity index is 1.73. The quantitative estimate of drug-likeness (QED) is 0.294. The van der Waals surface area contributed by atoms with E-state index >= 15 is 0 Å². The number of para-hydroxylation sites is 2. The molecule has 3 aromatic carbocycles. The molecule has 12 heteroatoms. The van der Waals surface area contributed by atoms with Crippen LogP contribution in [-0.2, 0) is 25.7 Å². The van der Waals surface area contributed by atoms with E-state index in [1.807, 2.05) is 30.3 Å². The molecule has 3 amide bonds. The zero-order valence-electron chi connectivity index (χ0n) is 25.2. The Morgan fingerprint density at radius 3 is 2.49 bits per heavy atom. The minimum Gasteiger partial charge on any atom is -0.384 e. The van der Waals surface area contributed by atoms with E-state index in [2.05, 4.69) is 17.5 Å². The van der Waals surface area contributed by atoms with Gasteiger partial charge in [0, 0.05) is 19.0 Å². The van der Waals surface area contributed by atoms with Crippen LogP contribution in [0.1, 0.15) is 30.2 Å². The number of amides is 3. The Bertz CT molecular complexity index is 1890. The maximum Gasteiger partial charge on any atom is 0.238 e. The average Bonchev–Trinajstić information content (AvgIpc) is 3.37. The van der Waals surface area contributed by atoms with E-state index in [1.54, 1.807) is 41.1 Å². The van der Waals surface area contributed by atoms with E-state index in [9.17, 15) is 24.9 Å². The van der Waals surface area contributed by atoms with E-state index in [0.717, 1.165) is 10.9 Å². The summed E-state index contributed by atoms with van der Waals surface area (Å²) in [4.78, 5) is 44.1. The zero-order valence-corrected chi connectivity index (χ0v) is 25.2.